The molecule has 1 fully saturated rings. The van der Waals surface area contributed by atoms with E-state index < -0.39 is 28.6 Å². The fourth-order valence-corrected chi connectivity index (χ4v) is 6.17. The third-order valence-corrected chi connectivity index (χ3v) is 7.63. The number of non-ortho nitro benzene ring substituents is 1. The van der Waals surface area contributed by atoms with E-state index in [2.05, 4.69) is 21.0 Å². The first-order valence-corrected chi connectivity index (χ1v) is 11.4. The fraction of sp³-hybridized carbons (Fsp3) is 0.160. The number of carbonyl (C=O) groups is 2. The van der Waals surface area contributed by atoms with Gasteiger partial charge in [0.05, 0.1) is 27.4 Å². The molecule has 3 aromatic rings. The maximum Gasteiger partial charge on any atom is 0.271 e. The predicted molar refractivity (Wildman–Crippen MR) is 125 cm³/mol. The summed E-state index contributed by atoms with van der Waals surface area (Å²) < 4.78 is 0.111. The van der Waals surface area contributed by atoms with E-state index in [-0.39, 0.29) is 33.3 Å². The molecule has 2 bridgehead atoms. The molecule has 0 radical (unpaired) electrons. The lowest BCUT2D eigenvalue weighted by molar-refractivity contribution is -0.385. The molecule has 0 unspecified atom stereocenters. The number of imide groups is 1. The Bertz CT molecular complexity index is 1340. The van der Waals surface area contributed by atoms with E-state index in [4.69, 9.17) is 0 Å². The van der Waals surface area contributed by atoms with Crippen molar-refractivity contribution in [3.05, 3.63) is 103 Å². The van der Waals surface area contributed by atoms with Crippen LogP contribution in [0.5, 0.6) is 5.75 Å². The second-order valence-corrected chi connectivity index (χ2v) is 9.47. The number of nitrogens with zero attached hydrogens (tertiary/aromatic N) is 3. The molecule has 168 valence electrons. The summed E-state index contributed by atoms with van der Waals surface area (Å²) in [4.78, 5) is 37.6. The Morgan fingerprint density at radius 1 is 0.912 bits per heavy atom. The lowest BCUT2D eigenvalue weighted by Gasteiger charge is -2.45. The quantitative estimate of drug-likeness (QED) is 0.241. The Balaban J connectivity index is 1.43. The van der Waals surface area contributed by atoms with E-state index >= 15 is 0 Å². The third kappa shape index (κ3) is 2.73. The molecular weight excluding hydrogens is 502 g/mol. The van der Waals surface area contributed by atoms with Gasteiger partial charge < -0.3 is 5.11 Å². The maximum atomic E-state index is 13.5. The first-order chi connectivity index (χ1) is 16.4. The number of halogens is 1. The molecule has 0 saturated carbocycles. The van der Waals surface area contributed by atoms with Crippen molar-refractivity contribution in [3.8, 4) is 5.75 Å². The number of amides is 2. The van der Waals surface area contributed by atoms with Crippen LogP contribution in [0.15, 0.2) is 70.2 Å². The van der Waals surface area contributed by atoms with Gasteiger partial charge in [-0.25, -0.2) is 0 Å². The van der Waals surface area contributed by atoms with Gasteiger partial charge >= 0.3 is 0 Å². The van der Waals surface area contributed by atoms with Crippen molar-refractivity contribution in [2.45, 2.75) is 11.8 Å². The highest BCUT2D eigenvalue weighted by Crippen LogP contribution is 2.60. The van der Waals surface area contributed by atoms with E-state index in [1.807, 2.05) is 48.5 Å². The second-order valence-electron chi connectivity index (χ2n) is 8.62. The van der Waals surface area contributed by atoms with Crippen LogP contribution in [0.1, 0.15) is 39.7 Å². The van der Waals surface area contributed by atoms with Crippen LogP contribution in [0.25, 0.3) is 0 Å². The smallest absolute Gasteiger partial charge is 0.271 e. The number of phenols is 1. The standard InChI is InChI=1S/C25H16BrN3O5/c26-18-10-13(29(33)34)9-12(23(18)30)11-27-28-24(31)21-19-14-5-1-2-6-15(14)20(22(21)25(28)32)17-8-4-3-7-16(17)19/h1-11,19-22,30H/b27-11-/t19?,20?,21-,22-/m0/s1. The van der Waals surface area contributed by atoms with Crippen molar-refractivity contribution in [3.63, 3.8) is 0 Å². The van der Waals surface area contributed by atoms with Crippen LogP contribution < -0.4 is 0 Å². The summed E-state index contributed by atoms with van der Waals surface area (Å²) >= 11 is 3.09. The number of nitro groups is 1. The molecule has 4 aliphatic rings. The first kappa shape index (κ1) is 20.7. The molecule has 1 N–H and O–H groups in total. The monoisotopic (exact) mass is 517 g/mol. The van der Waals surface area contributed by atoms with Gasteiger partial charge in [0.1, 0.15) is 5.75 Å². The molecule has 9 heteroatoms. The lowest BCUT2D eigenvalue weighted by Crippen LogP contribution is -2.41. The summed E-state index contributed by atoms with van der Waals surface area (Å²) in [6.45, 7) is 0. The highest BCUT2D eigenvalue weighted by molar-refractivity contribution is 9.10. The Hall–Kier alpha value is -3.85. The Morgan fingerprint density at radius 2 is 1.38 bits per heavy atom. The van der Waals surface area contributed by atoms with Gasteiger partial charge in [-0.2, -0.15) is 10.1 Å². The number of aromatic hydroxyl groups is 1. The minimum Gasteiger partial charge on any atom is -0.506 e. The number of hydrogen-bond donors (Lipinski definition) is 1. The van der Waals surface area contributed by atoms with E-state index in [1.165, 1.54) is 6.07 Å². The van der Waals surface area contributed by atoms with Crippen LogP contribution in [-0.2, 0) is 9.59 Å². The van der Waals surface area contributed by atoms with Crippen LogP contribution in [0, 0.1) is 22.0 Å². The largest absolute Gasteiger partial charge is 0.506 e. The number of hydrazone groups is 1. The summed E-state index contributed by atoms with van der Waals surface area (Å²) in [5.74, 6) is -2.75. The van der Waals surface area contributed by atoms with E-state index in [0.29, 0.717) is 0 Å². The molecule has 2 atom stereocenters. The van der Waals surface area contributed by atoms with Crippen molar-refractivity contribution in [2.75, 3.05) is 0 Å². The lowest BCUT2D eigenvalue weighted by atomic mass is 9.55. The Kier molecular flexibility index (Phi) is 4.47. The molecule has 8 nitrogen and oxygen atoms in total. The summed E-state index contributed by atoms with van der Waals surface area (Å²) in [6.07, 6.45) is 1.11. The fourth-order valence-electron chi connectivity index (χ4n) is 5.70. The highest BCUT2D eigenvalue weighted by Gasteiger charge is 2.61. The molecule has 34 heavy (non-hydrogen) atoms. The van der Waals surface area contributed by atoms with Crippen molar-refractivity contribution in [2.24, 2.45) is 16.9 Å². The normalized spacial score (nSPS) is 24.3. The number of hydrogen-bond acceptors (Lipinski definition) is 6. The Morgan fingerprint density at radius 3 is 1.82 bits per heavy atom. The summed E-state index contributed by atoms with van der Waals surface area (Å²) in [7, 11) is 0. The van der Waals surface area contributed by atoms with Crippen molar-refractivity contribution in [1.82, 2.24) is 5.01 Å². The molecule has 3 aromatic carbocycles. The zero-order valence-electron chi connectivity index (χ0n) is 17.5. The molecule has 1 heterocycles. The molecule has 0 aromatic heterocycles. The van der Waals surface area contributed by atoms with Crippen LogP contribution in [-0.4, -0.2) is 33.1 Å². The molecular formula is C25H16BrN3O5. The van der Waals surface area contributed by atoms with Crippen molar-refractivity contribution < 1.29 is 19.6 Å². The number of phenolic OH excluding ortho intramolecular Hbond substituents is 1. The minimum atomic E-state index is -0.603. The van der Waals surface area contributed by atoms with E-state index in [1.54, 1.807) is 0 Å². The van der Waals surface area contributed by atoms with Gasteiger partial charge in [-0.1, -0.05) is 48.5 Å². The van der Waals surface area contributed by atoms with Gasteiger partial charge in [0.2, 0.25) is 0 Å². The molecule has 1 aliphatic heterocycles. The van der Waals surface area contributed by atoms with Gasteiger partial charge in [-0.3, -0.25) is 19.7 Å². The van der Waals surface area contributed by atoms with E-state index in [9.17, 15) is 24.8 Å². The molecule has 0 spiro atoms. The van der Waals surface area contributed by atoms with Gasteiger partial charge in [-0.15, -0.1) is 0 Å². The predicted octanol–water partition coefficient (Wildman–Crippen LogP) is 4.29. The van der Waals surface area contributed by atoms with Crippen LogP contribution >= 0.6 is 15.9 Å². The summed E-state index contributed by atoms with van der Waals surface area (Å²) in [5, 5.41) is 26.5. The topological polar surface area (TPSA) is 113 Å². The molecule has 1 saturated heterocycles. The third-order valence-electron chi connectivity index (χ3n) is 7.03. The van der Waals surface area contributed by atoms with Gasteiger partial charge in [0.25, 0.3) is 17.5 Å². The SMILES string of the molecule is O=C1[C@H]2C3c4ccccc4C(c4ccccc43)[C@@H]2C(=O)N1/N=C\c1cc([N+](=O)[O-])cc(Br)c1O. The van der Waals surface area contributed by atoms with Gasteiger partial charge in [-0.05, 0) is 38.2 Å². The zero-order valence-corrected chi connectivity index (χ0v) is 19.0. The van der Waals surface area contributed by atoms with Crippen molar-refractivity contribution in [1.29, 1.82) is 0 Å². The number of benzene rings is 3. The van der Waals surface area contributed by atoms with Crippen LogP contribution in [0.3, 0.4) is 0 Å². The summed E-state index contributed by atoms with van der Waals surface area (Å²) in [5.41, 5.74) is 3.98. The van der Waals surface area contributed by atoms with Crippen molar-refractivity contribution >= 4 is 39.6 Å². The number of carbonyl (C=O) groups excluding carboxylic acids is 2. The average molecular weight is 518 g/mol. The minimum absolute atomic E-state index is 0.0195. The van der Waals surface area contributed by atoms with Gasteiger partial charge in [0.15, 0.2) is 0 Å². The number of rotatable bonds is 3. The molecule has 7 rings (SSSR count). The van der Waals surface area contributed by atoms with Gasteiger partial charge in [0, 0.05) is 29.5 Å². The zero-order chi connectivity index (χ0) is 23.7. The second kappa shape index (κ2) is 7.33. The van der Waals surface area contributed by atoms with Crippen LogP contribution in [0.4, 0.5) is 5.69 Å². The van der Waals surface area contributed by atoms with E-state index in [0.717, 1.165) is 39.5 Å². The molecule has 3 aliphatic carbocycles. The highest BCUT2D eigenvalue weighted by atomic mass is 79.9. The summed E-state index contributed by atoms with van der Waals surface area (Å²) in [6, 6.07) is 18.1. The Labute approximate surface area is 201 Å². The van der Waals surface area contributed by atoms with Crippen LogP contribution in [0.2, 0.25) is 0 Å². The molecule has 2 amide bonds. The first-order valence-electron chi connectivity index (χ1n) is 10.6. The number of nitro benzene ring substituents is 1. The average Bonchev–Trinajstić information content (AvgIpc) is 3.10. The maximum absolute atomic E-state index is 13.5.